The molecule has 0 spiro atoms. The summed E-state index contributed by atoms with van der Waals surface area (Å²) in [5.41, 5.74) is 0. The minimum atomic E-state index is -0.808. The lowest BCUT2D eigenvalue weighted by Gasteiger charge is -2.24. The van der Waals surface area contributed by atoms with Gasteiger partial charge in [0.15, 0.2) is 0 Å². The molecule has 0 heterocycles. The van der Waals surface area contributed by atoms with Crippen LogP contribution in [0, 0.1) is 0 Å². The standard InChI is InChI=1S/C59H103NO5/c1-4-7-10-13-16-19-22-25-28-29-31-32-35-38-41-44-47-50-55(65-59(64)52-49-46-43-40-37-34-27-24-21-18-15-12-9-6-3)53-58(63)60-56(54-61)57(62)51-48-45-42-39-36-33-30-26-23-20-17-14-11-8-5-2/h7,9-10,12,16,18-19,21,25,28,31-32,38,41,55-57,61-62H,4-6,8,11,13-15,17,20,22-24,26-27,29-30,33-37,39-40,42-54H2,1-3H3,(H,60,63)/b10-7-,12-9+,19-16-,21-18+,28-25-,32-31-,41-38-. The van der Waals surface area contributed by atoms with Gasteiger partial charge in [-0.2, -0.15) is 0 Å². The van der Waals surface area contributed by atoms with Crippen molar-refractivity contribution < 1.29 is 24.5 Å². The number of carbonyl (C=O) groups is 2. The molecule has 0 saturated heterocycles. The van der Waals surface area contributed by atoms with E-state index in [0.29, 0.717) is 19.3 Å². The van der Waals surface area contributed by atoms with Gasteiger partial charge in [-0.05, 0) is 89.9 Å². The van der Waals surface area contributed by atoms with Gasteiger partial charge in [-0.1, -0.05) is 234 Å². The number of unbranched alkanes of at least 4 members (excludes halogenated alkanes) is 22. The van der Waals surface area contributed by atoms with Crippen molar-refractivity contribution in [1.82, 2.24) is 5.32 Å². The molecule has 6 nitrogen and oxygen atoms in total. The molecule has 0 bridgehead atoms. The quantitative estimate of drug-likeness (QED) is 0.0321. The van der Waals surface area contributed by atoms with Crippen molar-refractivity contribution in [1.29, 1.82) is 0 Å². The molecule has 374 valence electrons. The Kier molecular flexibility index (Phi) is 49.6. The summed E-state index contributed by atoms with van der Waals surface area (Å²) >= 11 is 0. The molecule has 0 aromatic rings. The topological polar surface area (TPSA) is 95.9 Å². The molecule has 65 heavy (non-hydrogen) atoms. The van der Waals surface area contributed by atoms with Crippen LogP contribution in [-0.4, -0.2) is 46.9 Å². The van der Waals surface area contributed by atoms with Crippen LogP contribution in [0.25, 0.3) is 0 Å². The normalized spacial score (nSPS) is 13.9. The number of carbonyl (C=O) groups excluding carboxylic acids is 2. The van der Waals surface area contributed by atoms with Gasteiger partial charge in [-0.15, -0.1) is 0 Å². The number of esters is 1. The fourth-order valence-electron chi connectivity index (χ4n) is 7.91. The molecule has 0 aliphatic heterocycles. The molecule has 6 heteroatoms. The second kappa shape index (κ2) is 52.0. The summed E-state index contributed by atoms with van der Waals surface area (Å²) in [5, 5.41) is 23.8. The lowest BCUT2D eigenvalue weighted by Crippen LogP contribution is -2.46. The molecule has 3 N–H and O–H groups in total. The largest absolute Gasteiger partial charge is 0.462 e. The second-order valence-electron chi connectivity index (χ2n) is 18.2. The van der Waals surface area contributed by atoms with Crippen molar-refractivity contribution >= 4 is 11.9 Å². The number of hydrogen-bond acceptors (Lipinski definition) is 5. The van der Waals surface area contributed by atoms with Gasteiger partial charge in [0.25, 0.3) is 0 Å². The van der Waals surface area contributed by atoms with Crippen LogP contribution in [0.4, 0.5) is 0 Å². The maximum Gasteiger partial charge on any atom is 0.306 e. The minimum Gasteiger partial charge on any atom is -0.462 e. The number of rotatable bonds is 48. The highest BCUT2D eigenvalue weighted by atomic mass is 16.5. The van der Waals surface area contributed by atoms with Crippen LogP contribution in [0.5, 0.6) is 0 Å². The van der Waals surface area contributed by atoms with E-state index in [2.05, 4.69) is 111 Å². The van der Waals surface area contributed by atoms with Gasteiger partial charge < -0.3 is 20.3 Å². The number of ether oxygens (including phenoxy) is 1. The van der Waals surface area contributed by atoms with E-state index in [1.807, 2.05) is 0 Å². The molecule has 1 amide bonds. The fourth-order valence-corrected chi connectivity index (χ4v) is 7.91. The van der Waals surface area contributed by atoms with Gasteiger partial charge in [-0.25, -0.2) is 0 Å². The van der Waals surface area contributed by atoms with Crippen LogP contribution in [0.1, 0.15) is 252 Å². The molecule has 0 aromatic carbocycles. The summed E-state index contributed by atoms with van der Waals surface area (Å²) < 4.78 is 5.92. The molecular formula is C59H103NO5. The van der Waals surface area contributed by atoms with Crippen molar-refractivity contribution in [2.45, 2.75) is 270 Å². The third kappa shape index (κ3) is 47.3. The Bertz CT molecular complexity index is 1250. The van der Waals surface area contributed by atoms with E-state index in [1.165, 1.54) is 103 Å². The first-order valence-electron chi connectivity index (χ1n) is 27.3. The second-order valence-corrected chi connectivity index (χ2v) is 18.2. The molecular weight excluding hydrogens is 803 g/mol. The number of allylic oxidation sites excluding steroid dienone is 14. The van der Waals surface area contributed by atoms with E-state index >= 15 is 0 Å². The van der Waals surface area contributed by atoms with E-state index in [0.717, 1.165) is 103 Å². The molecule has 0 aliphatic rings. The smallest absolute Gasteiger partial charge is 0.306 e. The van der Waals surface area contributed by atoms with Crippen LogP contribution in [-0.2, 0) is 14.3 Å². The molecule has 3 atom stereocenters. The molecule has 0 radical (unpaired) electrons. The third-order valence-corrected chi connectivity index (χ3v) is 12.0. The summed E-state index contributed by atoms with van der Waals surface area (Å²) in [6.07, 6.45) is 67.9. The summed E-state index contributed by atoms with van der Waals surface area (Å²) in [6, 6.07) is -0.726. The summed E-state index contributed by atoms with van der Waals surface area (Å²) in [5.74, 6) is -0.541. The molecule has 0 aliphatic carbocycles. The van der Waals surface area contributed by atoms with E-state index in [-0.39, 0.29) is 24.9 Å². The lowest BCUT2D eigenvalue weighted by atomic mass is 10.0. The van der Waals surface area contributed by atoms with Crippen LogP contribution in [0.15, 0.2) is 85.1 Å². The molecule has 0 saturated carbocycles. The maximum atomic E-state index is 13.2. The maximum absolute atomic E-state index is 13.2. The van der Waals surface area contributed by atoms with Gasteiger partial charge in [0.2, 0.25) is 5.91 Å². The molecule has 0 rings (SSSR count). The lowest BCUT2D eigenvalue weighted by molar-refractivity contribution is -0.151. The number of aliphatic hydroxyl groups is 2. The molecule has 3 unspecified atom stereocenters. The van der Waals surface area contributed by atoms with Gasteiger partial charge >= 0.3 is 5.97 Å². The average molecular weight is 906 g/mol. The summed E-state index contributed by atoms with van der Waals surface area (Å²) in [6.45, 7) is 6.26. The summed E-state index contributed by atoms with van der Waals surface area (Å²) in [7, 11) is 0. The Morgan fingerprint density at radius 1 is 0.462 bits per heavy atom. The Balaban J connectivity index is 4.69. The number of amides is 1. The van der Waals surface area contributed by atoms with Crippen molar-refractivity contribution in [3.63, 3.8) is 0 Å². The Hall–Kier alpha value is -2.96. The Morgan fingerprint density at radius 3 is 1.29 bits per heavy atom. The van der Waals surface area contributed by atoms with Gasteiger partial charge in [-0.3, -0.25) is 9.59 Å². The van der Waals surface area contributed by atoms with E-state index in [4.69, 9.17) is 4.74 Å². The first-order chi connectivity index (χ1) is 32.0. The van der Waals surface area contributed by atoms with Crippen LogP contribution >= 0.6 is 0 Å². The SMILES string of the molecule is CC/C=C\C/C=C\C/C=C\C/C=C\C/C=C\CCCC(CC(=O)NC(CO)C(O)CCCCCCCCCCCCCCCCC)OC(=O)CCCCCCCCC/C=C/C/C=C/CC. The molecule has 0 aromatic heterocycles. The number of aliphatic hydroxyl groups excluding tert-OH is 2. The highest BCUT2D eigenvalue weighted by Gasteiger charge is 2.24. The highest BCUT2D eigenvalue weighted by molar-refractivity contribution is 5.77. The van der Waals surface area contributed by atoms with Gasteiger partial charge in [0.1, 0.15) is 6.10 Å². The zero-order chi connectivity index (χ0) is 47.4. The van der Waals surface area contributed by atoms with Gasteiger partial charge in [0, 0.05) is 6.42 Å². The van der Waals surface area contributed by atoms with Crippen molar-refractivity contribution in [3.8, 4) is 0 Å². The van der Waals surface area contributed by atoms with E-state index in [1.54, 1.807) is 0 Å². The average Bonchev–Trinajstić information content (AvgIpc) is 3.30. The number of hydrogen-bond donors (Lipinski definition) is 3. The zero-order valence-electron chi connectivity index (χ0n) is 42.6. The Labute approximate surface area is 402 Å². The summed E-state index contributed by atoms with van der Waals surface area (Å²) in [4.78, 5) is 26.2. The predicted molar refractivity (Wildman–Crippen MR) is 282 cm³/mol. The van der Waals surface area contributed by atoms with Crippen LogP contribution in [0.2, 0.25) is 0 Å². The van der Waals surface area contributed by atoms with Crippen LogP contribution in [0.3, 0.4) is 0 Å². The highest BCUT2D eigenvalue weighted by Crippen LogP contribution is 2.17. The monoisotopic (exact) mass is 906 g/mol. The first kappa shape index (κ1) is 62.0. The van der Waals surface area contributed by atoms with E-state index in [9.17, 15) is 19.8 Å². The van der Waals surface area contributed by atoms with Crippen molar-refractivity contribution in [2.75, 3.05) is 6.61 Å². The fraction of sp³-hybridized carbons (Fsp3) is 0.729. The predicted octanol–water partition coefficient (Wildman–Crippen LogP) is 16.7. The van der Waals surface area contributed by atoms with Crippen molar-refractivity contribution in [2.24, 2.45) is 0 Å². The minimum absolute atomic E-state index is 0.0320. The molecule has 0 fully saturated rings. The van der Waals surface area contributed by atoms with E-state index < -0.39 is 18.2 Å². The first-order valence-corrected chi connectivity index (χ1v) is 27.3. The Morgan fingerprint density at radius 2 is 0.846 bits per heavy atom. The van der Waals surface area contributed by atoms with Crippen LogP contribution < -0.4 is 5.32 Å². The van der Waals surface area contributed by atoms with Crippen molar-refractivity contribution in [3.05, 3.63) is 85.1 Å². The third-order valence-electron chi connectivity index (χ3n) is 12.0. The number of nitrogens with one attached hydrogen (secondary N) is 1. The van der Waals surface area contributed by atoms with Gasteiger partial charge in [0.05, 0.1) is 25.2 Å². The zero-order valence-corrected chi connectivity index (χ0v) is 42.6.